The van der Waals surface area contributed by atoms with Gasteiger partial charge in [0.1, 0.15) is 0 Å². The molecule has 1 rings (SSSR count). The van der Waals surface area contributed by atoms with Crippen LogP contribution in [0.3, 0.4) is 0 Å². The third-order valence-corrected chi connectivity index (χ3v) is 3.39. The number of hydrogen-bond donors (Lipinski definition) is 2. The van der Waals surface area contributed by atoms with Crippen LogP contribution < -0.4 is 5.32 Å². The van der Waals surface area contributed by atoms with E-state index in [1.807, 2.05) is 0 Å². The van der Waals surface area contributed by atoms with E-state index in [4.69, 9.17) is 0 Å². The third-order valence-electron chi connectivity index (χ3n) is 3.39. The predicted molar refractivity (Wildman–Crippen MR) is 72.3 cm³/mol. The third kappa shape index (κ3) is 6.36. The number of aliphatic hydroxyl groups is 1. The molecule has 1 aliphatic heterocycles. The summed E-state index contributed by atoms with van der Waals surface area (Å²) < 4.78 is 0. The Morgan fingerprint density at radius 3 is 2.88 bits per heavy atom. The molecule has 17 heavy (non-hydrogen) atoms. The highest BCUT2D eigenvalue weighted by molar-refractivity contribution is 4.76. The van der Waals surface area contributed by atoms with Crippen LogP contribution in [0.4, 0.5) is 0 Å². The maximum absolute atomic E-state index is 9.86. The molecule has 102 valence electrons. The van der Waals surface area contributed by atoms with Crippen LogP contribution in [-0.2, 0) is 0 Å². The van der Waals surface area contributed by atoms with Gasteiger partial charge in [-0.05, 0) is 45.9 Å². The quantitative estimate of drug-likeness (QED) is 0.599. The molecule has 1 heterocycles. The summed E-state index contributed by atoms with van der Waals surface area (Å²) in [5, 5.41) is 13.1. The van der Waals surface area contributed by atoms with E-state index in [9.17, 15) is 5.11 Å². The summed E-state index contributed by atoms with van der Waals surface area (Å²) in [4.78, 5) is 4.65. The van der Waals surface area contributed by atoms with Crippen molar-refractivity contribution in [3.8, 4) is 0 Å². The van der Waals surface area contributed by atoms with E-state index in [0.29, 0.717) is 6.54 Å². The van der Waals surface area contributed by atoms with Crippen LogP contribution in [0.15, 0.2) is 0 Å². The Balaban J connectivity index is 2.09. The molecule has 0 amide bonds. The second-order valence-electron chi connectivity index (χ2n) is 5.50. The van der Waals surface area contributed by atoms with Crippen molar-refractivity contribution >= 4 is 0 Å². The number of likely N-dealkylation sites (N-methyl/N-ethyl adjacent to an activating group) is 1. The Labute approximate surface area is 106 Å². The molecular weight excluding hydrogens is 214 g/mol. The fraction of sp³-hybridized carbons (Fsp3) is 1.00. The zero-order valence-electron chi connectivity index (χ0n) is 11.7. The number of nitrogens with one attached hydrogen (secondary N) is 1. The molecule has 0 saturated carbocycles. The molecule has 0 aromatic heterocycles. The first-order valence-electron chi connectivity index (χ1n) is 6.87. The number of aliphatic hydroxyl groups excluding tert-OH is 1. The highest BCUT2D eigenvalue weighted by atomic mass is 16.3. The van der Waals surface area contributed by atoms with Crippen molar-refractivity contribution in [2.75, 3.05) is 53.4 Å². The molecule has 4 heteroatoms. The first-order chi connectivity index (χ1) is 8.11. The molecule has 1 aliphatic rings. The Morgan fingerprint density at radius 1 is 1.53 bits per heavy atom. The van der Waals surface area contributed by atoms with Crippen molar-refractivity contribution in [1.82, 2.24) is 15.1 Å². The zero-order valence-corrected chi connectivity index (χ0v) is 11.7. The van der Waals surface area contributed by atoms with Crippen LogP contribution >= 0.6 is 0 Å². The molecule has 0 spiro atoms. The molecule has 2 atom stereocenters. The Kier molecular flexibility index (Phi) is 7.04. The van der Waals surface area contributed by atoms with E-state index < -0.39 is 0 Å². The topological polar surface area (TPSA) is 38.7 Å². The first kappa shape index (κ1) is 14.9. The number of hydrogen-bond acceptors (Lipinski definition) is 4. The molecule has 4 nitrogen and oxygen atoms in total. The van der Waals surface area contributed by atoms with Crippen LogP contribution in [-0.4, -0.2) is 74.4 Å². The minimum absolute atomic E-state index is 0.245. The molecule has 2 unspecified atom stereocenters. The minimum atomic E-state index is -0.245. The van der Waals surface area contributed by atoms with Gasteiger partial charge in [-0.15, -0.1) is 0 Å². The summed E-state index contributed by atoms with van der Waals surface area (Å²) >= 11 is 0. The highest BCUT2D eigenvalue weighted by Crippen LogP contribution is 2.14. The Morgan fingerprint density at radius 2 is 2.29 bits per heavy atom. The van der Waals surface area contributed by atoms with E-state index in [2.05, 4.69) is 36.1 Å². The standard InChI is InChI=1S/C13H29N3O/c1-4-6-14-8-13(17)11-16(3)10-12-5-7-15(2)9-12/h12-14,17H,4-11H2,1-3H3. The van der Waals surface area contributed by atoms with Crippen molar-refractivity contribution in [1.29, 1.82) is 0 Å². The molecule has 0 aromatic carbocycles. The maximum Gasteiger partial charge on any atom is 0.0791 e. The van der Waals surface area contributed by atoms with Crippen LogP contribution in [0, 0.1) is 5.92 Å². The second kappa shape index (κ2) is 8.03. The van der Waals surface area contributed by atoms with Crippen LogP contribution in [0.2, 0.25) is 0 Å². The van der Waals surface area contributed by atoms with Gasteiger partial charge >= 0.3 is 0 Å². The van der Waals surface area contributed by atoms with Gasteiger partial charge in [-0.2, -0.15) is 0 Å². The predicted octanol–water partition coefficient (Wildman–Crippen LogP) is 0.230. The van der Waals surface area contributed by atoms with Crippen LogP contribution in [0.1, 0.15) is 19.8 Å². The zero-order chi connectivity index (χ0) is 12.7. The smallest absolute Gasteiger partial charge is 0.0791 e. The van der Waals surface area contributed by atoms with E-state index in [-0.39, 0.29) is 6.10 Å². The average Bonchev–Trinajstić information content (AvgIpc) is 2.64. The molecule has 0 radical (unpaired) electrons. The van der Waals surface area contributed by atoms with Gasteiger partial charge in [0, 0.05) is 26.2 Å². The van der Waals surface area contributed by atoms with Gasteiger partial charge in [0.25, 0.3) is 0 Å². The van der Waals surface area contributed by atoms with Gasteiger partial charge in [0.15, 0.2) is 0 Å². The molecule has 0 aliphatic carbocycles. The summed E-state index contributed by atoms with van der Waals surface area (Å²) in [7, 11) is 4.30. The van der Waals surface area contributed by atoms with Crippen molar-refractivity contribution in [2.45, 2.75) is 25.9 Å². The summed E-state index contributed by atoms with van der Waals surface area (Å²) in [5.41, 5.74) is 0. The van der Waals surface area contributed by atoms with Crippen molar-refractivity contribution in [3.63, 3.8) is 0 Å². The summed E-state index contributed by atoms with van der Waals surface area (Å²) in [6.45, 7) is 8.15. The molecule has 0 bridgehead atoms. The fourth-order valence-corrected chi connectivity index (χ4v) is 2.56. The van der Waals surface area contributed by atoms with Gasteiger partial charge < -0.3 is 20.2 Å². The monoisotopic (exact) mass is 243 g/mol. The van der Waals surface area contributed by atoms with E-state index in [1.165, 1.54) is 19.5 Å². The summed E-state index contributed by atoms with van der Waals surface area (Å²) in [5.74, 6) is 0.779. The lowest BCUT2D eigenvalue weighted by Gasteiger charge is -2.23. The lowest BCUT2D eigenvalue weighted by atomic mass is 10.1. The maximum atomic E-state index is 9.86. The number of likely N-dealkylation sites (tertiary alicyclic amines) is 1. The van der Waals surface area contributed by atoms with Crippen molar-refractivity contribution in [3.05, 3.63) is 0 Å². The van der Waals surface area contributed by atoms with Gasteiger partial charge in [-0.1, -0.05) is 6.92 Å². The lowest BCUT2D eigenvalue weighted by molar-refractivity contribution is 0.117. The van der Waals surface area contributed by atoms with E-state index in [1.54, 1.807) is 0 Å². The highest BCUT2D eigenvalue weighted by Gasteiger charge is 2.21. The van der Waals surface area contributed by atoms with Crippen molar-refractivity contribution < 1.29 is 5.11 Å². The van der Waals surface area contributed by atoms with Gasteiger partial charge in [-0.3, -0.25) is 0 Å². The van der Waals surface area contributed by atoms with Gasteiger partial charge in [-0.25, -0.2) is 0 Å². The normalized spacial score (nSPS) is 23.5. The first-order valence-corrected chi connectivity index (χ1v) is 6.87. The molecule has 1 fully saturated rings. The molecule has 2 N–H and O–H groups in total. The number of nitrogens with zero attached hydrogens (tertiary/aromatic N) is 2. The number of rotatable bonds is 8. The van der Waals surface area contributed by atoms with Gasteiger partial charge in [0.2, 0.25) is 0 Å². The molecular formula is C13H29N3O. The summed E-state index contributed by atoms with van der Waals surface area (Å²) in [6, 6.07) is 0. The average molecular weight is 243 g/mol. The fourth-order valence-electron chi connectivity index (χ4n) is 2.56. The van der Waals surface area contributed by atoms with Crippen LogP contribution in [0.25, 0.3) is 0 Å². The summed E-state index contributed by atoms with van der Waals surface area (Å²) in [6.07, 6.45) is 2.17. The molecule has 0 aromatic rings. The Bertz CT molecular complexity index is 201. The lowest BCUT2D eigenvalue weighted by Crippen LogP contribution is -2.39. The van der Waals surface area contributed by atoms with E-state index in [0.717, 1.165) is 32.0 Å². The largest absolute Gasteiger partial charge is 0.390 e. The second-order valence-corrected chi connectivity index (χ2v) is 5.50. The SMILES string of the molecule is CCCNCC(O)CN(C)CC1CCN(C)C1. The Hall–Kier alpha value is -0.160. The van der Waals surface area contributed by atoms with Gasteiger partial charge in [0.05, 0.1) is 6.10 Å². The van der Waals surface area contributed by atoms with E-state index >= 15 is 0 Å². The molecule has 1 saturated heterocycles. The van der Waals surface area contributed by atoms with Crippen molar-refractivity contribution in [2.24, 2.45) is 5.92 Å². The minimum Gasteiger partial charge on any atom is -0.390 e. The van der Waals surface area contributed by atoms with Crippen LogP contribution in [0.5, 0.6) is 0 Å².